The Kier molecular flexibility index (Phi) is 6.38. The van der Waals surface area contributed by atoms with Gasteiger partial charge in [0.25, 0.3) is 10.0 Å². The van der Waals surface area contributed by atoms with Gasteiger partial charge in [0.15, 0.2) is 0 Å². The topological polar surface area (TPSA) is 111 Å². The Morgan fingerprint density at radius 2 is 2.06 bits per heavy atom. The van der Waals surface area contributed by atoms with E-state index in [1.807, 2.05) is 0 Å². The fourth-order valence-corrected chi connectivity index (χ4v) is 6.12. The maximum atomic E-state index is 12.9. The lowest BCUT2D eigenvalue weighted by atomic mass is 9.86. The average molecular weight is 475 g/mol. The van der Waals surface area contributed by atoms with Gasteiger partial charge in [-0.05, 0) is 51.0 Å². The Labute approximate surface area is 185 Å². The molecule has 3 unspecified atom stereocenters. The SMILES string of the molecule is COC(=O)N1[C@H](C)C[C@H](NS(=O)(=O)C(F)F)[C@@H]1COC1CCC2(c3ncccn3)CC2C1. The predicted octanol–water partition coefficient (Wildman–Crippen LogP) is 2.04. The van der Waals surface area contributed by atoms with Gasteiger partial charge in [0.05, 0.1) is 25.9 Å². The number of likely N-dealkylation sites (tertiary alicyclic amines) is 1. The maximum Gasteiger partial charge on any atom is 0.410 e. The van der Waals surface area contributed by atoms with E-state index in [0.29, 0.717) is 5.92 Å². The first-order valence-corrected chi connectivity index (χ1v) is 12.3. The van der Waals surface area contributed by atoms with Crippen LogP contribution in [0.15, 0.2) is 18.5 Å². The van der Waals surface area contributed by atoms with E-state index in [1.54, 1.807) is 25.4 Å². The summed E-state index contributed by atoms with van der Waals surface area (Å²) in [5.74, 6) is -2.27. The highest BCUT2D eigenvalue weighted by molar-refractivity contribution is 7.89. The summed E-state index contributed by atoms with van der Waals surface area (Å²) in [6.45, 7) is 1.75. The number of amides is 1. The van der Waals surface area contributed by atoms with Crippen LogP contribution >= 0.6 is 0 Å². The van der Waals surface area contributed by atoms with Gasteiger partial charge < -0.3 is 9.47 Å². The van der Waals surface area contributed by atoms with Gasteiger partial charge in [-0.2, -0.15) is 8.78 Å². The second kappa shape index (κ2) is 8.79. The third-order valence-electron chi connectivity index (χ3n) is 7.03. The van der Waals surface area contributed by atoms with E-state index in [-0.39, 0.29) is 30.6 Å². The van der Waals surface area contributed by atoms with Gasteiger partial charge in [0.1, 0.15) is 5.82 Å². The highest BCUT2D eigenvalue weighted by atomic mass is 32.2. The standard InChI is InChI=1S/C20H28F2N4O5S/c1-12-8-15(25-32(28,29)18(21)22)16(26(12)19(27)30-2)11-31-14-4-5-20(10-13(20)9-14)17-23-6-3-7-24-17/h3,6-7,12-16,18,25H,4-5,8-11H2,1-2H3/t12-,13?,14?,15+,16+,20?/m1/s1. The zero-order valence-corrected chi connectivity index (χ0v) is 18.8. The first-order chi connectivity index (χ1) is 15.2. The average Bonchev–Trinajstić information content (AvgIpc) is 3.43. The van der Waals surface area contributed by atoms with Crippen LogP contribution in [0, 0.1) is 5.92 Å². The molecule has 1 N–H and O–H groups in total. The molecule has 1 aromatic heterocycles. The fraction of sp³-hybridized carbons (Fsp3) is 0.750. The highest BCUT2D eigenvalue weighted by Gasteiger charge is 2.60. The molecule has 0 radical (unpaired) electrons. The number of fused-ring (bicyclic) bond motifs is 1. The van der Waals surface area contributed by atoms with Crippen molar-refractivity contribution in [1.82, 2.24) is 19.6 Å². The minimum absolute atomic E-state index is 0.0104. The van der Waals surface area contributed by atoms with Crippen LogP contribution < -0.4 is 4.72 Å². The minimum Gasteiger partial charge on any atom is -0.453 e. The number of carbonyl (C=O) groups is 1. The molecule has 3 fully saturated rings. The lowest BCUT2D eigenvalue weighted by Gasteiger charge is -2.32. The maximum absolute atomic E-state index is 12.9. The van der Waals surface area contributed by atoms with Gasteiger partial charge in [-0.3, -0.25) is 4.90 Å². The number of rotatable bonds is 7. The molecule has 0 bridgehead atoms. The van der Waals surface area contributed by atoms with Crippen LogP contribution in [0.1, 0.15) is 44.9 Å². The van der Waals surface area contributed by atoms with Gasteiger partial charge in [0, 0.05) is 29.9 Å². The quantitative estimate of drug-likeness (QED) is 0.644. The zero-order valence-electron chi connectivity index (χ0n) is 18.0. The third-order valence-corrected chi connectivity index (χ3v) is 8.13. The molecule has 1 saturated heterocycles. The van der Waals surface area contributed by atoms with Crippen molar-refractivity contribution in [3.8, 4) is 0 Å². The lowest BCUT2D eigenvalue weighted by molar-refractivity contribution is -0.0103. The van der Waals surface area contributed by atoms with Crippen molar-refractivity contribution in [3.63, 3.8) is 0 Å². The van der Waals surface area contributed by atoms with Crippen LogP contribution in [0.2, 0.25) is 0 Å². The second-order valence-corrected chi connectivity index (χ2v) is 10.6. The molecule has 2 saturated carbocycles. The molecule has 3 aliphatic rings. The Morgan fingerprint density at radius 3 is 2.69 bits per heavy atom. The molecular weight excluding hydrogens is 446 g/mol. The fourth-order valence-electron chi connectivity index (χ4n) is 5.34. The summed E-state index contributed by atoms with van der Waals surface area (Å²) in [6.07, 6.45) is 6.46. The second-order valence-electron chi connectivity index (χ2n) is 8.92. The summed E-state index contributed by atoms with van der Waals surface area (Å²) >= 11 is 0. The number of halogens is 2. The van der Waals surface area contributed by atoms with Gasteiger partial charge in [0.2, 0.25) is 0 Å². The number of carbonyl (C=O) groups excluding carboxylic acids is 1. The first-order valence-electron chi connectivity index (χ1n) is 10.7. The van der Waals surface area contributed by atoms with Crippen molar-refractivity contribution in [2.45, 2.75) is 74.4 Å². The van der Waals surface area contributed by atoms with E-state index in [9.17, 15) is 22.0 Å². The zero-order chi connectivity index (χ0) is 23.1. The summed E-state index contributed by atoms with van der Waals surface area (Å²) < 4.78 is 62.3. The van der Waals surface area contributed by atoms with Crippen molar-refractivity contribution in [2.24, 2.45) is 5.92 Å². The number of ether oxygens (including phenoxy) is 2. The molecule has 1 amide bonds. The predicted molar refractivity (Wildman–Crippen MR) is 109 cm³/mol. The number of nitrogens with one attached hydrogen (secondary N) is 1. The molecule has 12 heteroatoms. The monoisotopic (exact) mass is 474 g/mol. The minimum atomic E-state index is -4.81. The van der Waals surface area contributed by atoms with E-state index in [0.717, 1.165) is 31.5 Å². The largest absolute Gasteiger partial charge is 0.453 e. The summed E-state index contributed by atoms with van der Waals surface area (Å²) in [5, 5.41) is 0. The van der Waals surface area contributed by atoms with Crippen LogP contribution in [-0.4, -0.2) is 73.1 Å². The molecule has 178 valence electrons. The van der Waals surface area contributed by atoms with Gasteiger partial charge in [-0.1, -0.05) is 0 Å². The van der Waals surface area contributed by atoms with Crippen molar-refractivity contribution in [3.05, 3.63) is 24.3 Å². The third kappa shape index (κ3) is 4.32. The smallest absolute Gasteiger partial charge is 0.410 e. The Morgan fingerprint density at radius 1 is 1.34 bits per heavy atom. The lowest BCUT2D eigenvalue weighted by Crippen LogP contribution is -2.51. The van der Waals surface area contributed by atoms with Crippen LogP contribution in [0.5, 0.6) is 0 Å². The molecule has 2 heterocycles. The molecule has 2 aliphatic carbocycles. The van der Waals surface area contributed by atoms with E-state index in [2.05, 4.69) is 14.7 Å². The number of hydrogen-bond acceptors (Lipinski definition) is 7. The Hall–Kier alpha value is -1.92. The number of methoxy groups -OCH3 is 1. The number of aromatic nitrogens is 2. The molecule has 4 rings (SSSR count). The van der Waals surface area contributed by atoms with E-state index < -0.39 is 34.0 Å². The first kappa shape index (κ1) is 23.2. The van der Waals surface area contributed by atoms with Crippen molar-refractivity contribution in [1.29, 1.82) is 0 Å². The van der Waals surface area contributed by atoms with E-state index in [4.69, 9.17) is 9.47 Å². The molecular formula is C20H28F2N4O5S. The summed E-state index contributed by atoms with van der Waals surface area (Å²) in [7, 11) is -3.58. The van der Waals surface area contributed by atoms with Crippen molar-refractivity contribution < 1.29 is 31.5 Å². The van der Waals surface area contributed by atoms with Crippen molar-refractivity contribution >= 4 is 16.1 Å². The number of alkyl halides is 2. The molecule has 1 aliphatic heterocycles. The Balaban J connectivity index is 1.41. The molecule has 0 aromatic carbocycles. The Bertz CT molecular complexity index is 937. The normalized spacial score (nSPS) is 34.4. The van der Waals surface area contributed by atoms with Crippen LogP contribution in [0.25, 0.3) is 0 Å². The van der Waals surface area contributed by atoms with E-state index >= 15 is 0 Å². The molecule has 9 nitrogen and oxygen atoms in total. The molecule has 32 heavy (non-hydrogen) atoms. The summed E-state index contributed by atoms with van der Waals surface area (Å²) in [5.41, 5.74) is 0.0104. The van der Waals surface area contributed by atoms with Gasteiger partial charge in [-0.15, -0.1) is 0 Å². The van der Waals surface area contributed by atoms with Crippen LogP contribution in [-0.2, 0) is 24.9 Å². The van der Waals surface area contributed by atoms with Crippen LogP contribution in [0.4, 0.5) is 13.6 Å². The number of nitrogens with zero attached hydrogens (tertiary/aromatic N) is 3. The number of hydrogen-bond donors (Lipinski definition) is 1. The van der Waals surface area contributed by atoms with Gasteiger partial charge >= 0.3 is 11.9 Å². The summed E-state index contributed by atoms with van der Waals surface area (Å²) in [6, 6.07) is -0.224. The van der Waals surface area contributed by atoms with Crippen LogP contribution in [0.3, 0.4) is 0 Å². The number of sulfonamides is 1. The molecule has 0 spiro atoms. The van der Waals surface area contributed by atoms with Crippen molar-refractivity contribution in [2.75, 3.05) is 13.7 Å². The summed E-state index contributed by atoms with van der Waals surface area (Å²) in [4.78, 5) is 22.5. The van der Waals surface area contributed by atoms with Gasteiger partial charge in [-0.25, -0.2) is 27.9 Å². The molecule has 1 aromatic rings. The highest BCUT2D eigenvalue weighted by Crippen LogP contribution is 2.61. The van der Waals surface area contributed by atoms with E-state index in [1.165, 1.54) is 12.0 Å². The molecule has 6 atom stereocenters.